The number of anilines is 1. The normalized spacial score (nSPS) is 11.0. The van der Waals surface area contributed by atoms with Crippen molar-refractivity contribution in [3.63, 3.8) is 0 Å². The largest absolute Gasteiger partial charge is 0.426 e. The van der Waals surface area contributed by atoms with E-state index in [0.717, 1.165) is 5.69 Å². The molecule has 0 radical (unpaired) electrons. The topological polar surface area (TPSA) is 63.7 Å². The van der Waals surface area contributed by atoms with E-state index >= 15 is 0 Å². The first-order valence-electron chi connectivity index (χ1n) is 9.93. The first-order chi connectivity index (χ1) is 13.7. The van der Waals surface area contributed by atoms with Crippen molar-refractivity contribution in [2.24, 2.45) is 5.41 Å². The van der Waals surface area contributed by atoms with E-state index in [1.54, 1.807) is 49.9 Å². The van der Waals surface area contributed by atoms with Gasteiger partial charge in [0.25, 0.3) is 0 Å². The van der Waals surface area contributed by atoms with Gasteiger partial charge in [0.05, 0.1) is 5.41 Å². The number of rotatable bonds is 8. The van der Waals surface area contributed by atoms with Gasteiger partial charge in [0.2, 0.25) is 5.91 Å². The predicted octanol–water partition coefficient (Wildman–Crippen LogP) is 5.04. The Balaban J connectivity index is 1.86. The molecule has 0 spiro atoms. The zero-order valence-electron chi connectivity index (χ0n) is 17.6. The van der Waals surface area contributed by atoms with Crippen LogP contribution in [0.5, 0.6) is 5.75 Å². The van der Waals surface area contributed by atoms with Gasteiger partial charge in [-0.3, -0.25) is 14.4 Å². The molecule has 5 nitrogen and oxygen atoms in total. The van der Waals surface area contributed by atoms with E-state index in [1.807, 2.05) is 37.3 Å². The maximum absolute atomic E-state index is 12.5. The number of hydrogen-bond acceptors (Lipinski definition) is 4. The Morgan fingerprint density at radius 3 is 2.07 bits per heavy atom. The van der Waals surface area contributed by atoms with Crippen LogP contribution < -0.4 is 9.64 Å². The summed E-state index contributed by atoms with van der Waals surface area (Å²) >= 11 is 0. The molecule has 0 aliphatic heterocycles. The van der Waals surface area contributed by atoms with Crippen molar-refractivity contribution >= 4 is 23.3 Å². The SMILES string of the molecule is CCN(C(=O)CCCC(=O)c1ccc(OC(=O)C(C)(C)C)cc1)c1ccccc1. The number of carbonyl (C=O) groups is 3. The molecule has 2 aromatic rings. The fourth-order valence-corrected chi connectivity index (χ4v) is 2.76. The minimum Gasteiger partial charge on any atom is -0.426 e. The summed E-state index contributed by atoms with van der Waals surface area (Å²) in [5, 5.41) is 0. The van der Waals surface area contributed by atoms with Crippen LogP contribution in [0.4, 0.5) is 5.69 Å². The molecular formula is C24H29NO4. The number of para-hydroxylation sites is 1. The maximum Gasteiger partial charge on any atom is 0.316 e. The summed E-state index contributed by atoms with van der Waals surface area (Å²) in [6.45, 7) is 7.87. The molecule has 0 aromatic heterocycles. The van der Waals surface area contributed by atoms with Crippen molar-refractivity contribution in [2.75, 3.05) is 11.4 Å². The third-order valence-electron chi connectivity index (χ3n) is 4.48. The molecule has 0 atom stereocenters. The highest BCUT2D eigenvalue weighted by Gasteiger charge is 2.23. The van der Waals surface area contributed by atoms with Crippen molar-refractivity contribution in [1.29, 1.82) is 0 Å². The second-order valence-electron chi connectivity index (χ2n) is 7.91. The highest BCUT2D eigenvalue weighted by Crippen LogP contribution is 2.21. The van der Waals surface area contributed by atoms with Crippen LogP contribution in [-0.2, 0) is 9.59 Å². The number of benzene rings is 2. The molecule has 0 aliphatic carbocycles. The quantitative estimate of drug-likeness (QED) is 0.357. The number of ketones is 1. The third-order valence-corrected chi connectivity index (χ3v) is 4.48. The summed E-state index contributed by atoms with van der Waals surface area (Å²) < 4.78 is 5.31. The summed E-state index contributed by atoms with van der Waals surface area (Å²) in [5.41, 5.74) is 0.822. The predicted molar refractivity (Wildman–Crippen MR) is 114 cm³/mol. The molecule has 5 heteroatoms. The van der Waals surface area contributed by atoms with Crippen LogP contribution in [0.2, 0.25) is 0 Å². The van der Waals surface area contributed by atoms with Crippen LogP contribution >= 0.6 is 0 Å². The van der Waals surface area contributed by atoms with Crippen molar-refractivity contribution in [3.8, 4) is 5.75 Å². The molecular weight excluding hydrogens is 366 g/mol. The Labute approximate surface area is 172 Å². The van der Waals surface area contributed by atoms with Gasteiger partial charge >= 0.3 is 5.97 Å². The zero-order valence-corrected chi connectivity index (χ0v) is 17.6. The standard InChI is InChI=1S/C24H29NO4/c1-5-25(19-10-7-6-8-11-19)22(27)13-9-12-21(26)18-14-16-20(17-15-18)29-23(28)24(2,3)4/h6-8,10-11,14-17H,5,9,12-13H2,1-4H3. The highest BCUT2D eigenvalue weighted by atomic mass is 16.5. The molecule has 0 saturated carbocycles. The van der Waals surface area contributed by atoms with Gasteiger partial charge in [0.1, 0.15) is 5.75 Å². The number of Topliss-reactive ketones (excluding diaryl/α,β-unsaturated/α-hetero) is 1. The smallest absolute Gasteiger partial charge is 0.316 e. The lowest BCUT2D eigenvalue weighted by Gasteiger charge is -2.20. The Kier molecular flexibility index (Phi) is 7.71. The van der Waals surface area contributed by atoms with Crippen LogP contribution in [0.15, 0.2) is 54.6 Å². The van der Waals surface area contributed by atoms with Gasteiger partial charge in [-0.25, -0.2) is 0 Å². The van der Waals surface area contributed by atoms with Gasteiger partial charge in [-0.2, -0.15) is 0 Å². The summed E-state index contributed by atoms with van der Waals surface area (Å²) in [6, 6.07) is 16.1. The van der Waals surface area contributed by atoms with E-state index in [1.165, 1.54) is 0 Å². The van der Waals surface area contributed by atoms with Gasteiger partial charge in [-0.1, -0.05) is 18.2 Å². The van der Waals surface area contributed by atoms with E-state index in [9.17, 15) is 14.4 Å². The monoisotopic (exact) mass is 395 g/mol. The zero-order chi connectivity index (χ0) is 21.4. The molecule has 2 aromatic carbocycles. The average molecular weight is 395 g/mol. The number of nitrogens with zero attached hydrogens (tertiary/aromatic N) is 1. The van der Waals surface area contributed by atoms with Crippen molar-refractivity contribution < 1.29 is 19.1 Å². The second kappa shape index (κ2) is 10.0. The van der Waals surface area contributed by atoms with Crippen LogP contribution in [0.1, 0.15) is 57.3 Å². The third kappa shape index (κ3) is 6.56. The second-order valence-corrected chi connectivity index (χ2v) is 7.91. The Bertz CT molecular complexity index is 835. The first-order valence-corrected chi connectivity index (χ1v) is 9.93. The molecule has 0 unspecified atom stereocenters. The van der Waals surface area contributed by atoms with Gasteiger partial charge < -0.3 is 9.64 Å². The molecule has 154 valence electrons. The fourth-order valence-electron chi connectivity index (χ4n) is 2.76. The number of carbonyl (C=O) groups excluding carboxylic acids is 3. The van der Waals surface area contributed by atoms with Gasteiger partial charge in [-0.05, 0) is 70.5 Å². The summed E-state index contributed by atoms with van der Waals surface area (Å²) in [7, 11) is 0. The van der Waals surface area contributed by atoms with E-state index < -0.39 is 5.41 Å². The Morgan fingerprint density at radius 1 is 0.897 bits per heavy atom. The minimum absolute atomic E-state index is 0.0101. The van der Waals surface area contributed by atoms with Crippen LogP contribution in [0.25, 0.3) is 0 Å². The van der Waals surface area contributed by atoms with Gasteiger partial charge in [-0.15, -0.1) is 0 Å². The lowest BCUT2D eigenvalue weighted by Crippen LogP contribution is -2.30. The molecule has 2 rings (SSSR count). The van der Waals surface area contributed by atoms with Crippen molar-refractivity contribution in [2.45, 2.75) is 47.0 Å². The molecule has 0 fully saturated rings. The minimum atomic E-state index is -0.590. The number of amides is 1. The lowest BCUT2D eigenvalue weighted by molar-refractivity contribution is -0.143. The van der Waals surface area contributed by atoms with E-state index in [4.69, 9.17) is 4.74 Å². The fraction of sp³-hybridized carbons (Fsp3) is 0.375. The maximum atomic E-state index is 12.5. The van der Waals surface area contributed by atoms with E-state index in [2.05, 4.69) is 0 Å². The van der Waals surface area contributed by atoms with Gasteiger partial charge in [0.15, 0.2) is 5.78 Å². The molecule has 0 bridgehead atoms. The number of hydrogen-bond donors (Lipinski definition) is 0. The van der Waals surface area contributed by atoms with Crippen LogP contribution in [0.3, 0.4) is 0 Å². The molecule has 0 N–H and O–H groups in total. The van der Waals surface area contributed by atoms with Crippen molar-refractivity contribution in [3.05, 3.63) is 60.2 Å². The van der Waals surface area contributed by atoms with E-state index in [0.29, 0.717) is 37.1 Å². The molecule has 0 saturated heterocycles. The summed E-state index contributed by atoms with van der Waals surface area (Å²) in [6.07, 6.45) is 1.09. The Hall–Kier alpha value is -2.95. The van der Waals surface area contributed by atoms with Crippen LogP contribution in [0, 0.1) is 5.41 Å². The Morgan fingerprint density at radius 2 is 1.52 bits per heavy atom. The molecule has 0 aliphatic rings. The first kappa shape index (κ1) is 22.3. The number of esters is 1. The molecule has 0 heterocycles. The van der Waals surface area contributed by atoms with Gasteiger partial charge in [0, 0.05) is 30.6 Å². The average Bonchev–Trinajstić information content (AvgIpc) is 2.69. The molecule has 29 heavy (non-hydrogen) atoms. The summed E-state index contributed by atoms with van der Waals surface area (Å²) in [4.78, 5) is 38.5. The van der Waals surface area contributed by atoms with E-state index in [-0.39, 0.29) is 17.7 Å². The highest BCUT2D eigenvalue weighted by molar-refractivity contribution is 5.97. The van der Waals surface area contributed by atoms with Crippen molar-refractivity contribution in [1.82, 2.24) is 0 Å². The summed E-state index contributed by atoms with van der Waals surface area (Å²) in [5.74, 6) is 0.0669. The van der Waals surface area contributed by atoms with Crippen LogP contribution in [-0.4, -0.2) is 24.2 Å². The lowest BCUT2D eigenvalue weighted by atomic mass is 9.97. The molecule has 1 amide bonds. The number of ether oxygens (including phenoxy) is 1.